The van der Waals surface area contributed by atoms with E-state index in [0.29, 0.717) is 24.3 Å². The van der Waals surface area contributed by atoms with Crippen molar-refractivity contribution < 1.29 is 24.0 Å². The minimum Gasteiger partial charge on any atom is -0.300 e. The Morgan fingerprint density at radius 3 is 2.07 bits per heavy atom. The summed E-state index contributed by atoms with van der Waals surface area (Å²) >= 11 is 0. The van der Waals surface area contributed by atoms with Crippen molar-refractivity contribution >= 4 is 28.9 Å². The number of benzene rings is 2. The first-order chi connectivity index (χ1) is 20.3. The fourth-order valence-electron chi connectivity index (χ4n) is 6.13. The lowest BCUT2D eigenvalue weighted by Gasteiger charge is -2.31. The Balaban J connectivity index is 0.000000456. The number of carbonyl (C=O) groups excluding carboxylic acids is 5. The van der Waals surface area contributed by atoms with Gasteiger partial charge >= 0.3 is 0 Å². The summed E-state index contributed by atoms with van der Waals surface area (Å²) in [6, 6.07) is 11.7. The quantitative estimate of drug-likeness (QED) is 0.182. The first-order valence-corrected chi connectivity index (χ1v) is 16.0. The molecule has 0 fully saturated rings. The van der Waals surface area contributed by atoms with Crippen LogP contribution in [0, 0.1) is 31.6 Å². The molecule has 2 aromatic carbocycles. The highest BCUT2D eigenvalue weighted by Gasteiger charge is 2.32. The number of carbonyl (C=O) groups is 5. The predicted molar refractivity (Wildman–Crippen MR) is 176 cm³/mol. The summed E-state index contributed by atoms with van der Waals surface area (Å²) < 4.78 is 0. The monoisotopic (exact) mass is 590 g/mol. The van der Waals surface area contributed by atoms with Gasteiger partial charge in [0.05, 0.1) is 6.42 Å². The lowest BCUT2D eigenvalue weighted by atomic mass is 9.72. The Hall–Kier alpha value is -3.21. The van der Waals surface area contributed by atoms with Crippen LogP contribution in [0.1, 0.15) is 136 Å². The van der Waals surface area contributed by atoms with Gasteiger partial charge in [0, 0.05) is 29.9 Å². The first-order valence-electron chi connectivity index (χ1n) is 16.0. The third kappa shape index (κ3) is 12.5. The second kappa shape index (κ2) is 19.1. The zero-order chi connectivity index (χ0) is 32.7. The number of fused-ring (bicyclic) bond motifs is 1. The van der Waals surface area contributed by atoms with Gasteiger partial charge in [0.1, 0.15) is 17.3 Å². The van der Waals surface area contributed by atoms with Gasteiger partial charge in [0.25, 0.3) is 0 Å². The lowest BCUT2D eigenvalue weighted by molar-refractivity contribution is -0.130. The Labute approximate surface area is 260 Å². The van der Waals surface area contributed by atoms with Crippen LogP contribution in [0.3, 0.4) is 0 Å². The van der Waals surface area contributed by atoms with Gasteiger partial charge in [-0.25, -0.2) is 0 Å². The molecule has 0 spiro atoms. The molecule has 0 bridgehead atoms. The van der Waals surface area contributed by atoms with Gasteiger partial charge < -0.3 is 0 Å². The van der Waals surface area contributed by atoms with Crippen molar-refractivity contribution in [3.05, 3.63) is 69.8 Å². The van der Waals surface area contributed by atoms with Crippen molar-refractivity contribution in [3.63, 3.8) is 0 Å². The Morgan fingerprint density at radius 2 is 1.53 bits per heavy atom. The summed E-state index contributed by atoms with van der Waals surface area (Å²) in [7, 11) is 0. The van der Waals surface area contributed by atoms with Crippen LogP contribution in [-0.2, 0) is 27.2 Å². The highest BCUT2D eigenvalue weighted by atomic mass is 16.2. The summed E-state index contributed by atoms with van der Waals surface area (Å²) in [5, 5.41) is 0. The van der Waals surface area contributed by atoms with E-state index in [4.69, 9.17) is 0 Å². The fraction of sp³-hybridized carbons (Fsp3) is 0.553. The summed E-state index contributed by atoms with van der Waals surface area (Å²) in [4.78, 5) is 58.9. The zero-order valence-corrected chi connectivity index (χ0v) is 28.1. The van der Waals surface area contributed by atoms with Gasteiger partial charge in [0.15, 0.2) is 11.6 Å². The summed E-state index contributed by atoms with van der Waals surface area (Å²) in [6.07, 6.45) is 6.80. The van der Waals surface area contributed by atoms with E-state index in [1.54, 1.807) is 0 Å². The number of aryl methyl sites for hydroxylation is 2. The molecule has 1 aliphatic rings. The highest BCUT2D eigenvalue weighted by Crippen LogP contribution is 2.36. The molecule has 0 aromatic heterocycles. The molecule has 0 saturated heterocycles. The molecule has 0 amide bonds. The number of Topliss-reactive ketones (excluding diaryl/α,β-unsaturated/α-hetero) is 5. The smallest absolute Gasteiger partial charge is 0.163 e. The second-order valence-corrected chi connectivity index (χ2v) is 12.3. The van der Waals surface area contributed by atoms with Crippen LogP contribution in [0.5, 0.6) is 0 Å². The van der Waals surface area contributed by atoms with Crippen molar-refractivity contribution in [2.75, 3.05) is 0 Å². The van der Waals surface area contributed by atoms with Crippen molar-refractivity contribution in [1.82, 2.24) is 0 Å². The van der Waals surface area contributed by atoms with Crippen LogP contribution in [-0.4, -0.2) is 28.9 Å². The van der Waals surface area contributed by atoms with Crippen molar-refractivity contribution in [3.8, 4) is 0 Å². The molecule has 3 unspecified atom stereocenters. The van der Waals surface area contributed by atoms with Gasteiger partial charge in [0.2, 0.25) is 0 Å². The number of rotatable bonds is 12. The molecule has 0 radical (unpaired) electrons. The lowest BCUT2D eigenvalue weighted by Crippen LogP contribution is -2.29. The highest BCUT2D eigenvalue weighted by molar-refractivity contribution is 6.00. The van der Waals surface area contributed by atoms with E-state index in [9.17, 15) is 24.0 Å². The maximum atomic E-state index is 12.7. The minimum absolute atomic E-state index is 0.0185. The first kappa shape index (κ1) is 37.8. The molecular formula is C38H54O5. The van der Waals surface area contributed by atoms with Crippen molar-refractivity contribution in [2.45, 2.75) is 120 Å². The van der Waals surface area contributed by atoms with Gasteiger partial charge in [-0.05, 0) is 88.5 Å². The molecule has 3 atom stereocenters. The van der Waals surface area contributed by atoms with E-state index in [1.165, 1.54) is 27.2 Å². The van der Waals surface area contributed by atoms with Crippen LogP contribution in [0.2, 0.25) is 0 Å². The number of hydrogen-bond acceptors (Lipinski definition) is 5. The molecule has 0 aliphatic heterocycles. The summed E-state index contributed by atoms with van der Waals surface area (Å²) in [6.45, 7) is 16.9. The standard InChI is InChI=1S/C23H32O3.C12H14O2.C3H8/c1-5-8-18(20(6-2)21(25)11-16(4)24)12-17-13-19-10-7-9-15(3)23(19)22(26)14-17;1-8-4-5-11(7-9(2)13)12(6-8)10(3)14;1-3-2/h7,9-10,17-18,20H,5-6,8,11-14H2,1-4H3;4-6H,7H2,1-3H3;3H2,1-2H3. The van der Waals surface area contributed by atoms with E-state index in [0.717, 1.165) is 59.9 Å². The van der Waals surface area contributed by atoms with Crippen molar-refractivity contribution in [1.29, 1.82) is 0 Å². The maximum absolute atomic E-state index is 12.7. The van der Waals surface area contributed by atoms with Crippen molar-refractivity contribution in [2.24, 2.45) is 17.8 Å². The zero-order valence-electron chi connectivity index (χ0n) is 28.1. The van der Waals surface area contributed by atoms with E-state index < -0.39 is 0 Å². The molecule has 43 heavy (non-hydrogen) atoms. The third-order valence-corrected chi connectivity index (χ3v) is 7.85. The molecule has 0 N–H and O–H groups in total. The third-order valence-electron chi connectivity index (χ3n) is 7.85. The van der Waals surface area contributed by atoms with Gasteiger partial charge in [-0.15, -0.1) is 0 Å². The van der Waals surface area contributed by atoms with E-state index in [1.807, 2.05) is 51.1 Å². The van der Waals surface area contributed by atoms with Gasteiger partial charge in [-0.1, -0.05) is 82.9 Å². The molecule has 5 nitrogen and oxygen atoms in total. The normalized spacial score (nSPS) is 15.1. The second-order valence-electron chi connectivity index (χ2n) is 12.3. The Kier molecular flexibility index (Phi) is 16.8. The van der Waals surface area contributed by atoms with Crippen LogP contribution in [0.4, 0.5) is 0 Å². The average Bonchev–Trinajstić information content (AvgIpc) is 2.90. The number of hydrogen-bond donors (Lipinski definition) is 0. The van der Waals surface area contributed by atoms with E-state index in [-0.39, 0.29) is 47.2 Å². The molecule has 5 heteroatoms. The molecule has 1 aliphatic carbocycles. The van der Waals surface area contributed by atoms with Gasteiger partial charge in [-0.3, -0.25) is 24.0 Å². The SMILES string of the molecule is CC(=O)Cc1ccc(C)cc1C(C)=O.CCC.CCCC(CC1CC(=O)c2c(C)cccc2C1)C(CC)C(=O)CC(C)=O. The van der Waals surface area contributed by atoms with E-state index in [2.05, 4.69) is 26.8 Å². The van der Waals surface area contributed by atoms with Gasteiger partial charge in [-0.2, -0.15) is 0 Å². The predicted octanol–water partition coefficient (Wildman–Crippen LogP) is 8.87. The minimum atomic E-state index is -0.0622. The maximum Gasteiger partial charge on any atom is 0.163 e. The summed E-state index contributed by atoms with van der Waals surface area (Å²) in [5.41, 5.74) is 5.68. The Morgan fingerprint density at radius 1 is 0.884 bits per heavy atom. The molecule has 0 heterocycles. The van der Waals surface area contributed by atoms with E-state index >= 15 is 0 Å². The summed E-state index contributed by atoms with van der Waals surface area (Å²) in [5.74, 6) is 0.869. The molecule has 236 valence electrons. The molecule has 3 rings (SSSR count). The molecular weight excluding hydrogens is 536 g/mol. The fourth-order valence-corrected chi connectivity index (χ4v) is 6.13. The largest absolute Gasteiger partial charge is 0.300 e. The van der Waals surface area contributed by atoms with Crippen LogP contribution < -0.4 is 0 Å². The van der Waals surface area contributed by atoms with Crippen LogP contribution in [0.15, 0.2) is 36.4 Å². The number of ketones is 5. The Bertz CT molecular complexity index is 1250. The average molecular weight is 591 g/mol. The molecule has 0 saturated carbocycles. The van der Waals surface area contributed by atoms with Crippen LogP contribution >= 0.6 is 0 Å². The van der Waals surface area contributed by atoms with Crippen LogP contribution in [0.25, 0.3) is 0 Å². The molecule has 2 aromatic rings. The topological polar surface area (TPSA) is 85.3 Å².